The van der Waals surface area contributed by atoms with Crippen LogP contribution in [0.15, 0.2) is 4.99 Å². The predicted molar refractivity (Wildman–Crippen MR) is 76.4 cm³/mol. The molecule has 0 aliphatic heterocycles. The molecule has 0 radical (unpaired) electrons. The first-order valence-electron chi connectivity index (χ1n) is 7.57. The lowest BCUT2D eigenvalue weighted by Gasteiger charge is -2.21. The molecule has 1 saturated carbocycles. The fourth-order valence-corrected chi connectivity index (χ4v) is 2.68. The molecule has 1 atom stereocenters. The second-order valence-electron chi connectivity index (χ2n) is 5.52. The molecule has 0 aromatic rings. The van der Waals surface area contributed by atoms with Gasteiger partial charge in [-0.05, 0) is 25.2 Å². The van der Waals surface area contributed by atoms with Crippen LogP contribution in [0, 0.1) is 11.8 Å². The fraction of sp³-hybridized carbons (Fsp3) is 0.933. The zero-order valence-electron chi connectivity index (χ0n) is 11.8. The van der Waals surface area contributed by atoms with Crippen LogP contribution in [0.5, 0.6) is 0 Å². The van der Waals surface area contributed by atoms with Crippen LogP contribution in [0.4, 0.5) is 0 Å². The van der Waals surface area contributed by atoms with Gasteiger partial charge in [-0.1, -0.05) is 52.4 Å². The van der Waals surface area contributed by atoms with Gasteiger partial charge >= 0.3 is 0 Å². The number of unbranched alkanes of at least 4 members (excludes halogenated alkanes) is 1. The van der Waals surface area contributed by atoms with Crippen molar-refractivity contribution in [2.45, 2.75) is 71.6 Å². The molecule has 2 nitrogen and oxygen atoms in total. The summed E-state index contributed by atoms with van der Waals surface area (Å²) in [5, 5.41) is 0. The largest absolute Gasteiger partial charge is 0.387 e. The second-order valence-corrected chi connectivity index (χ2v) is 5.52. The quantitative estimate of drug-likeness (QED) is 0.525. The monoisotopic (exact) mass is 238 g/mol. The summed E-state index contributed by atoms with van der Waals surface area (Å²) in [4.78, 5) is 4.67. The first-order valence-corrected chi connectivity index (χ1v) is 7.57. The van der Waals surface area contributed by atoms with Gasteiger partial charge in [-0.2, -0.15) is 0 Å². The molecule has 0 amide bonds. The third-order valence-electron chi connectivity index (χ3n) is 4.10. The highest BCUT2D eigenvalue weighted by molar-refractivity contribution is 5.82. The number of rotatable bonds is 7. The van der Waals surface area contributed by atoms with Gasteiger partial charge in [-0.3, -0.25) is 4.99 Å². The SMILES string of the molecule is CCCCC(CC)CN=C(N)C1CCCCC1. The van der Waals surface area contributed by atoms with E-state index < -0.39 is 0 Å². The standard InChI is InChI=1S/C15H30N2/c1-3-5-9-13(4-2)12-17-15(16)14-10-7-6-8-11-14/h13-14H,3-12H2,1-2H3,(H2,16,17). The Bertz CT molecular complexity index is 217. The van der Waals surface area contributed by atoms with E-state index in [0.29, 0.717) is 5.92 Å². The van der Waals surface area contributed by atoms with E-state index >= 15 is 0 Å². The summed E-state index contributed by atoms with van der Waals surface area (Å²) >= 11 is 0. The Hall–Kier alpha value is -0.530. The molecule has 1 rings (SSSR count). The molecule has 1 aliphatic carbocycles. The van der Waals surface area contributed by atoms with Gasteiger partial charge in [0.1, 0.15) is 0 Å². The van der Waals surface area contributed by atoms with Crippen molar-refractivity contribution in [2.24, 2.45) is 22.6 Å². The van der Waals surface area contributed by atoms with Gasteiger partial charge in [-0.25, -0.2) is 0 Å². The van der Waals surface area contributed by atoms with Crippen LogP contribution in [0.3, 0.4) is 0 Å². The van der Waals surface area contributed by atoms with Crippen molar-refractivity contribution in [3.8, 4) is 0 Å². The maximum Gasteiger partial charge on any atom is 0.0968 e. The summed E-state index contributed by atoms with van der Waals surface area (Å²) in [7, 11) is 0. The van der Waals surface area contributed by atoms with Crippen molar-refractivity contribution in [3.05, 3.63) is 0 Å². The Balaban J connectivity index is 2.33. The number of hydrogen-bond donors (Lipinski definition) is 1. The highest BCUT2D eigenvalue weighted by Crippen LogP contribution is 2.24. The van der Waals surface area contributed by atoms with Crippen LogP contribution < -0.4 is 5.73 Å². The summed E-state index contributed by atoms with van der Waals surface area (Å²) in [6, 6.07) is 0. The van der Waals surface area contributed by atoms with E-state index in [4.69, 9.17) is 5.73 Å². The molecule has 1 fully saturated rings. The number of hydrogen-bond acceptors (Lipinski definition) is 1. The first-order chi connectivity index (χ1) is 8.27. The van der Waals surface area contributed by atoms with Crippen LogP contribution in [-0.2, 0) is 0 Å². The molecule has 2 heteroatoms. The van der Waals surface area contributed by atoms with Gasteiger partial charge in [0.05, 0.1) is 5.84 Å². The van der Waals surface area contributed by atoms with E-state index in [2.05, 4.69) is 18.8 Å². The summed E-state index contributed by atoms with van der Waals surface area (Å²) in [6.45, 7) is 5.48. The van der Waals surface area contributed by atoms with Gasteiger partial charge in [0, 0.05) is 12.5 Å². The Morgan fingerprint density at radius 1 is 1.24 bits per heavy atom. The molecule has 17 heavy (non-hydrogen) atoms. The topological polar surface area (TPSA) is 38.4 Å². The smallest absolute Gasteiger partial charge is 0.0968 e. The highest BCUT2D eigenvalue weighted by Gasteiger charge is 2.17. The van der Waals surface area contributed by atoms with Crippen molar-refractivity contribution in [2.75, 3.05) is 6.54 Å². The molecule has 1 aliphatic rings. The number of nitrogens with zero attached hydrogens (tertiary/aromatic N) is 1. The van der Waals surface area contributed by atoms with Gasteiger partial charge in [0.2, 0.25) is 0 Å². The van der Waals surface area contributed by atoms with Crippen molar-refractivity contribution in [3.63, 3.8) is 0 Å². The van der Waals surface area contributed by atoms with Gasteiger partial charge in [0.25, 0.3) is 0 Å². The van der Waals surface area contributed by atoms with E-state index in [1.165, 1.54) is 57.8 Å². The van der Waals surface area contributed by atoms with Crippen LogP contribution in [-0.4, -0.2) is 12.4 Å². The normalized spacial score (nSPS) is 20.5. The third-order valence-corrected chi connectivity index (χ3v) is 4.10. The molecule has 1 unspecified atom stereocenters. The number of aliphatic imine (C=N–C) groups is 1. The maximum atomic E-state index is 6.13. The van der Waals surface area contributed by atoms with Gasteiger partial charge < -0.3 is 5.73 Å². The average molecular weight is 238 g/mol. The van der Waals surface area contributed by atoms with Gasteiger partial charge in [-0.15, -0.1) is 0 Å². The average Bonchev–Trinajstić information content (AvgIpc) is 2.39. The van der Waals surface area contributed by atoms with E-state index in [9.17, 15) is 0 Å². The van der Waals surface area contributed by atoms with Crippen molar-refractivity contribution < 1.29 is 0 Å². The molecule has 0 spiro atoms. The molecule has 0 heterocycles. The Kier molecular flexibility index (Phi) is 7.30. The first kappa shape index (κ1) is 14.5. The van der Waals surface area contributed by atoms with Crippen LogP contribution in [0.25, 0.3) is 0 Å². The minimum absolute atomic E-state index is 0.590. The van der Waals surface area contributed by atoms with Gasteiger partial charge in [0.15, 0.2) is 0 Å². The highest BCUT2D eigenvalue weighted by atomic mass is 14.9. The zero-order valence-corrected chi connectivity index (χ0v) is 11.8. The Morgan fingerprint density at radius 2 is 1.94 bits per heavy atom. The van der Waals surface area contributed by atoms with E-state index in [1.54, 1.807) is 0 Å². The maximum absolute atomic E-state index is 6.13. The lowest BCUT2D eigenvalue weighted by Crippen LogP contribution is -2.26. The molecule has 100 valence electrons. The molecular formula is C15H30N2. The molecule has 0 saturated heterocycles. The van der Waals surface area contributed by atoms with Crippen LogP contribution in [0.2, 0.25) is 0 Å². The molecule has 2 N–H and O–H groups in total. The second kappa shape index (κ2) is 8.54. The van der Waals surface area contributed by atoms with Crippen molar-refractivity contribution in [1.82, 2.24) is 0 Å². The predicted octanol–water partition coefficient (Wildman–Crippen LogP) is 4.14. The van der Waals surface area contributed by atoms with E-state index in [-0.39, 0.29) is 0 Å². The van der Waals surface area contributed by atoms with Crippen LogP contribution in [0.1, 0.15) is 71.6 Å². The van der Waals surface area contributed by atoms with Crippen LogP contribution >= 0.6 is 0 Å². The third kappa shape index (κ3) is 5.56. The van der Waals surface area contributed by atoms with E-state index in [0.717, 1.165) is 18.3 Å². The molecule has 0 aromatic carbocycles. The summed E-state index contributed by atoms with van der Waals surface area (Å²) in [5.41, 5.74) is 6.13. The minimum Gasteiger partial charge on any atom is -0.387 e. The van der Waals surface area contributed by atoms with Crippen molar-refractivity contribution in [1.29, 1.82) is 0 Å². The molecule has 0 bridgehead atoms. The summed E-state index contributed by atoms with van der Waals surface area (Å²) in [5.74, 6) is 2.28. The molecular weight excluding hydrogens is 208 g/mol. The van der Waals surface area contributed by atoms with E-state index in [1.807, 2.05) is 0 Å². The Labute approximate surface area is 107 Å². The zero-order chi connectivity index (χ0) is 12.5. The summed E-state index contributed by atoms with van der Waals surface area (Å²) in [6.07, 6.45) is 11.8. The lowest BCUT2D eigenvalue weighted by molar-refractivity contribution is 0.430. The number of nitrogens with two attached hydrogens (primary N) is 1. The molecule has 0 aromatic heterocycles. The Morgan fingerprint density at radius 3 is 2.53 bits per heavy atom. The number of amidine groups is 1. The lowest BCUT2D eigenvalue weighted by atomic mass is 9.88. The fourth-order valence-electron chi connectivity index (χ4n) is 2.68. The van der Waals surface area contributed by atoms with Crippen molar-refractivity contribution >= 4 is 5.84 Å². The minimum atomic E-state index is 0.590. The summed E-state index contributed by atoms with van der Waals surface area (Å²) < 4.78 is 0.